The highest BCUT2D eigenvalue weighted by molar-refractivity contribution is 5.79. The largest absolute Gasteiger partial charge is 0.409 e. The molecule has 1 aliphatic rings. The van der Waals surface area contributed by atoms with E-state index in [9.17, 15) is 0 Å². The summed E-state index contributed by atoms with van der Waals surface area (Å²) in [4.78, 5) is 2.33. The second-order valence-electron chi connectivity index (χ2n) is 4.84. The third-order valence-electron chi connectivity index (χ3n) is 3.60. The molecular weight excluding hydrogens is 204 g/mol. The molecule has 0 heterocycles. The van der Waals surface area contributed by atoms with E-state index < -0.39 is 0 Å². The molecule has 94 valence electrons. The Kier molecular flexibility index (Phi) is 5.02. The summed E-state index contributed by atoms with van der Waals surface area (Å²) in [6.45, 7) is 1.96. The number of likely N-dealkylation sites (N-methyl/N-ethyl adjacent to an activating group) is 1. The fourth-order valence-electron chi connectivity index (χ4n) is 2.13. The molecule has 0 amide bonds. The van der Waals surface area contributed by atoms with Gasteiger partial charge >= 0.3 is 0 Å². The minimum atomic E-state index is 0.313. The molecule has 0 aromatic heterocycles. The Hall–Kier alpha value is -0.810. The monoisotopic (exact) mass is 228 g/mol. The SMILES string of the molecule is CN(C)C1(CNCCCC(N)=NO)CCC1. The molecule has 0 atom stereocenters. The summed E-state index contributed by atoms with van der Waals surface area (Å²) in [6, 6.07) is 0. The van der Waals surface area contributed by atoms with Gasteiger partial charge in [0, 0.05) is 18.5 Å². The molecule has 0 aromatic carbocycles. The first kappa shape index (κ1) is 13.3. The van der Waals surface area contributed by atoms with Gasteiger partial charge in [-0.3, -0.25) is 0 Å². The molecule has 0 bridgehead atoms. The van der Waals surface area contributed by atoms with Crippen LogP contribution >= 0.6 is 0 Å². The molecule has 1 rings (SSSR count). The van der Waals surface area contributed by atoms with Crippen LogP contribution in [0.15, 0.2) is 5.16 Å². The van der Waals surface area contributed by atoms with Crippen LogP contribution in [0.25, 0.3) is 0 Å². The van der Waals surface area contributed by atoms with Crippen LogP contribution < -0.4 is 11.1 Å². The summed E-state index contributed by atoms with van der Waals surface area (Å²) in [7, 11) is 4.30. The van der Waals surface area contributed by atoms with Crippen molar-refractivity contribution in [2.45, 2.75) is 37.6 Å². The zero-order valence-corrected chi connectivity index (χ0v) is 10.4. The molecule has 0 radical (unpaired) electrons. The molecule has 1 saturated carbocycles. The molecule has 16 heavy (non-hydrogen) atoms. The van der Waals surface area contributed by atoms with Crippen molar-refractivity contribution >= 4 is 5.84 Å². The third kappa shape index (κ3) is 3.35. The Bertz CT molecular complexity index is 236. The maximum absolute atomic E-state index is 8.38. The normalized spacial score (nSPS) is 19.8. The number of nitrogens with one attached hydrogen (secondary N) is 1. The first-order chi connectivity index (χ1) is 7.60. The van der Waals surface area contributed by atoms with Gasteiger partial charge in [0.2, 0.25) is 0 Å². The molecule has 1 fully saturated rings. The van der Waals surface area contributed by atoms with E-state index in [0.717, 1.165) is 19.5 Å². The van der Waals surface area contributed by atoms with Crippen molar-refractivity contribution in [3.05, 3.63) is 0 Å². The van der Waals surface area contributed by atoms with Crippen molar-refractivity contribution in [2.75, 3.05) is 27.2 Å². The van der Waals surface area contributed by atoms with Crippen LogP contribution in [0.5, 0.6) is 0 Å². The molecular formula is C11H24N4O. The van der Waals surface area contributed by atoms with Crippen molar-refractivity contribution in [2.24, 2.45) is 10.9 Å². The number of nitrogens with two attached hydrogens (primary N) is 1. The van der Waals surface area contributed by atoms with E-state index >= 15 is 0 Å². The summed E-state index contributed by atoms with van der Waals surface area (Å²) in [6.07, 6.45) is 5.47. The van der Waals surface area contributed by atoms with Gasteiger partial charge in [0.25, 0.3) is 0 Å². The smallest absolute Gasteiger partial charge is 0.139 e. The second kappa shape index (κ2) is 6.06. The standard InChI is InChI=1S/C11H24N4O/c1-15(2)11(6-4-7-11)9-13-8-3-5-10(12)14-16/h13,16H,3-9H2,1-2H3,(H2,12,14). The highest BCUT2D eigenvalue weighted by Gasteiger charge is 2.38. The summed E-state index contributed by atoms with van der Waals surface area (Å²) >= 11 is 0. The first-order valence-corrected chi connectivity index (χ1v) is 5.95. The summed E-state index contributed by atoms with van der Waals surface area (Å²) in [5, 5.41) is 14.8. The van der Waals surface area contributed by atoms with Gasteiger partial charge in [0.1, 0.15) is 5.84 Å². The van der Waals surface area contributed by atoms with E-state index in [0.29, 0.717) is 17.8 Å². The Balaban J connectivity index is 2.11. The number of rotatable bonds is 7. The molecule has 0 saturated heterocycles. The lowest BCUT2D eigenvalue weighted by Crippen LogP contribution is -2.56. The molecule has 0 aliphatic heterocycles. The molecule has 0 spiro atoms. The number of hydrogen-bond donors (Lipinski definition) is 3. The Morgan fingerprint density at radius 3 is 2.62 bits per heavy atom. The van der Waals surface area contributed by atoms with E-state index in [1.54, 1.807) is 0 Å². The summed E-state index contributed by atoms with van der Waals surface area (Å²) < 4.78 is 0. The number of amidine groups is 1. The summed E-state index contributed by atoms with van der Waals surface area (Å²) in [5.74, 6) is 0.313. The molecule has 5 nitrogen and oxygen atoms in total. The van der Waals surface area contributed by atoms with Crippen molar-refractivity contribution < 1.29 is 5.21 Å². The average Bonchev–Trinajstić information content (AvgIpc) is 2.19. The van der Waals surface area contributed by atoms with Gasteiger partial charge in [0.05, 0.1) is 0 Å². The molecule has 0 aromatic rings. The third-order valence-corrected chi connectivity index (χ3v) is 3.60. The lowest BCUT2D eigenvalue weighted by molar-refractivity contribution is 0.0603. The van der Waals surface area contributed by atoms with Crippen molar-refractivity contribution in [3.8, 4) is 0 Å². The van der Waals surface area contributed by atoms with Gasteiger partial charge < -0.3 is 21.2 Å². The van der Waals surface area contributed by atoms with Crippen LogP contribution in [0.1, 0.15) is 32.1 Å². The van der Waals surface area contributed by atoms with Gasteiger partial charge in [0.15, 0.2) is 0 Å². The lowest BCUT2D eigenvalue weighted by Gasteiger charge is -2.47. The van der Waals surface area contributed by atoms with E-state index in [-0.39, 0.29) is 0 Å². The van der Waals surface area contributed by atoms with E-state index in [2.05, 4.69) is 29.5 Å². The maximum Gasteiger partial charge on any atom is 0.139 e. The van der Waals surface area contributed by atoms with Crippen LogP contribution in [0.2, 0.25) is 0 Å². The predicted molar refractivity (Wildman–Crippen MR) is 65.8 cm³/mol. The van der Waals surface area contributed by atoms with E-state index in [1.807, 2.05) is 0 Å². The molecule has 4 N–H and O–H groups in total. The number of hydrogen-bond acceptors (Lipinski definition) is 4. The predicted octanol–water partition coefficient (Wildman–Crippen LogP) is 0.587. The van der Waals surface area contributed by atoms with Gasteiger partial charge in [-0.2, -0.15) is 0 Å². The minimum Gasteiger partial charge on any atom is -0.409 e. The number of oxime groups is 1. The fraction of sp³-hybridized carbons (Fsp3) is 0.909. The van der Waals surface area contributed by atoms with Crippen LogP contribution in [0, 0.1) is 0 Å². The van der Waals surface area contributed by atoms with Gasteiger partial charge in [-0.1, -0.05) is 5.16 Å². The summed E-state index contributed by atoms with van der Waals surface area (Å²) in [5.41, 5.74) is 5.76. The van der Waals surface area contributed by atoms with Crippen molar-refractivity contribution in [1.82, 2.24) is 10.2 Å². The van der Waals surface area contributed by atoms with Crippen LogP contribution in [-0.4, -0.2) is 48.7 Å². The fourth-order valence-corrected chi connectivity index (χ4v) is 2.13. The quantitative estimate of drug-likeness (QED) is 0.196. The zero-order valence-electron chi connectivity index (χ0n) is 10.4. The number of nitrogens with zero attached hydrogens (tertiary/aromatic N) is 2. The van der Waals surface area contributed by atoms with Gasteiger partial charge in [-0.15, -0.1) is 0 Å². The molecule has 0 unspecified atom stereocenters. The minimum absolute atomic E-state index is 0.313. The van der Waals surface area contributed by atoms with E-state index in [1.165, 1.54) is 19.3 Å². The molecule has 1 aliphatic carbocycles. The van der Waals surface area contributed by atoms with E-state index in [4.69, 9.17) is 10.9 Å². The van der Waals surface area contributed by atoms with Crippen LogP contribution in [0.4, 0.5) is 0 Å². The van der Waals surface area contributed by atoms with Crippen LogP contribution in [0.3, 0.4) is 0 Å². The average molecular weight is 228 g/mol. The van der Waals surface area contributed by atoms with Crippen LogP contribution in [-0.2, 0) is 0 Å². The van der Waals surface area contributed by atoms with Crippen molar-refractivity contribution in [3.63, 3.8) is 0 Å². The van der Waals surface area contributed by atoms with Gasteiger partial charge in [-0.25, -0.2) is 0 Å². The van der Waals surface area contributed by atoms with Crippen molar-refractivity contribution in [1.29, 1.82) is 0 Å². The first-order valence-electron chi connectivity index (χ1n) is 5.95. The highest BCUT2D eigenvalue weighted by Crippen LogP contribution is 2.35. The second-order valence-corrected chi connectivity index (χ2v) is 4.84. The van der Waals surface area contributed by atoms with Gasteiger partial charge in [-0.05, 0) is 46.3 Å². The highest BCUT2D eigenvalue weighted by atomic mass is 16.4. The Morgan fingerprint density at radius 2 is 2.19 bits per heavy atom. The topological polar surface area (TPSA) is 73.9 Å². The maximum atomic E-state index is 8.38. The molecule has 5 heteroatoms. The Labute approximate surface area is 97.7 Å². The Morgan fingerprint density at radius 1 is 1.50 bits per heavy atom. The zero-order chi connectivity index (χ0) is 12.0. The lowest BCUT2D eigenvalue weighted by atomic mass is 9.75.